The molecule has 0 aliphatic carbocycles. The molecule has 18 heavy (non-hydrogen) atoms. The summed E-state index contributed by atoms with van der Waals surface area (Å²) >= 11 is 1.79. The number of benzene rings is 1. The normalized spacial score (nSPS) is 12.2. The second-order valence-corrected chi connectivity index (χ2v) is 5.73. The highest BCUT2D eigenvalue weighted by Gasteiger charge is 2.07. The summed E-state index contributed by atoms with van der Waals surface area (Å²) in [5, 5.41) is 12.7. The fourth-order valence-electron chi connectivity index (χ4n) is 1.47. The number of aliphatic hydroxyl groups is 1. The maximum absolute atomic E-state index is 9.29. The standard InChI is InChI=1S/C14H23NOS.ClH/c1-12(2)8-9-15-13(10-16)11-17-14-6-4-3-5-7-14;/h3-7,12-13,15-16H,8-11H2,1-2H3;1H/t13-;/m1./s1. The van der Waals surface area contributed by atoms with Crippen molar-refractivity contribution in [3.63, 3.8) is 0 Å². The summed E-state index contributed by atoms with van der Waals surface area (Å²) in [6, 6.07) is 10.5. The molecule has 104 valence electrons. The molecule has 0 radical (unpaired) electrons. The molecule has 0 spiro atoms. The minimum absolute atomic E-state index is 0. The van der Waals surface area contributed by atoms with Crippen LogP contribution in [0.4, 0.5) is 0 Å². The zero-order valence-electron chi connectivity index (χ0n) is 11.1. The SMILES string of the molecule is CC(C)CCN[C@H](CO)CSc1ccccc1.Cl. The van der Waals surface area contributed by atoms with Gasteiger partial charge in [-0.25, -0.2) is 0 Å². The van der Waals surface area contributed by atoms with Gasteiger partial charge >= 0.3 is 0 Å². The van der Waals surface area contributed by atoms with Crippen molar-refractivity contribution in [3.8, 4) is 0 Å². The molecule has 1 atom stereocenters. The average Bonchev–Trinajstić information content (AvgIpc) is 2.34. The van der Waals surface area contributed by atoms with Gasteiger partial charge < -0.3 is 10.4 Å². The molecule has 0 heterocycles. The topological polar surface area (TPSA) is 32.3 Å². The molecule has 0 fully saturated rings. The maximum Gasteiger partial charge on any atom is 0.0592 e. The maximum atomic E-state index is 9.29. The number of hydrogen-bond acceptors (Lipinski definition) is 3. The van der Waals surface area contributed by atoms with Crippen molar-refractivity contribution in [1.82, 2.24) is 5.32 Å². The first-order chi connectivity index (χ1) is 8.22. The Labute approximate surface area is 121 Å². The van der Waals surface area contributed by atoms with Crippen molar-refractivity contribution >= 4 is 24.2 Å². The van der Waals surface area contributed by atoms with Crippen LogP contribution in [-0.2, 0) is 0 Å². The monoisotopic (exact) mass is 289 g/mol. The Bertz CT molecular complexity index is 295. The third-order valence-electron chi connectivity index (χ3n) is 2.57. The molecule has 1 rings (SSSR count). The van der Waals surface area contributed by atoms with Crippen molar-refractivity contribution in [2.24, 2.45) is 5.92 Å². The Kier molecular flexibility index (Phi) is 10.5. The Balaban J connectivity index is 0.00000289. The van der Waals surface area contributed by atoms with E-state index in [-0.39, 0.29) is 25.1 Å². The van der Waals surface area contributed by atoms with Gasteiger partial charge in [0.05, 0.1) is 6.61 Å². The minimum Gasteiger partial charge on any atom is -0.395 e. The first-order valence-electron chi connectivity index (χ1n) is 6.24. The van der Waals surface area contributed by atoms with E-state index in [0.29, 0.717) is 5.92 Å². The first-order valence-corrected chi connectivity index (χ1v) is 7.23. The average molecular weight is 290 g/mol. The van der Waals surface area contributed by atoms with Gasteiger partial charge in [0, 0.05) is 16.7 Å². The molecule has 0 aromatic heterocycles. The Morgan fingerprint density at radius 2 is 1.89 bits per heavy atom. The molecule has 1 aromatic carbocycles. The Morgan fingerprint density at radius 1 is 1.22 bits per heavy atom. The van der Waals surface area contributed by atoms with Gasteiger partial charge in [-0.3, -0.25) is 0 Å². The van der Waals surface area contributed by atoms with E-state index in [2.05, 4.69) is 31.3 Å². The quantitative estimate of drug-likeness (QED) is 0.721. The molecule has 0 aliphatic heterocycles. The lowest BCUT2D eigenvalue weighted by Crippen LogP contribution is -2.35. The fourth-order valence-corrected chi connectivity index (χ4v) is 2.43. The van der Waals surface area contributed by atoms with Crippen molar-refractivity contribution in [1.29, 1.82) is 0 Å². The number of nitrogens with one attached hydrogen (secondary N) is 1. The number of aliphatic hydroxyl groups excluding tert-OH is 1. The molecular formula is C14H24ClNOS. The highest BCUT2D eigenvalue weighted by atomic mass is 35.5. The van der Waals surface area contributed by atoms with Crippen LogP contribution in [0.15, 0.2) is 35.2 Å². The summed E-state index contributed by atoms with van der Waals surface area (Å²) in [5.74, 6) is 1.63. The summed E-state index contributed by atoms with van der Waals surface area (Å²) in [7, 11) is 0. The largest absolute Gasteiger partial charge is 0.395 e. The van der Waals surface area contributed by atoms with Crippen LogP contribution in [0, 0.1) is 5.92 Å². The predicted octanol–water partition coefficient (Wildman–Crippen LogP) is 3.20. The Hall–Kier alpha value is -0.220. The minimum atomic E-state index is 0. The molecule has 2 nitrogen and oxygen atoms in total. The fraction of sp³-hybridized carbons (Fsp3) is 0.571. The van der Waals surface area contributed by atoms with Crippen LogP contribution >= 0.6 is 24.2 Å². The van der Waals surface area contributed by atoms with E-state index in [9.17, 15) is 5.11 Å². The number of hydrogen-bond donors (Lipinski definition) is 2. The second kappa shape index (κ2) is 10.7. The van der Waals surface area contributed by atoms with Crippen LogP contribution in [0.3, 0.4) is 0 Å². The van der Waals surface area contributed by atoms with Gasteiger partial charge in [0.2, 0.25) is 0 Å². The van der Waals surface area contributed by atoms with E-state index >= 15 is 0 Å². The molecular weight excluding hydrogens is 266 g/mol. The summed E-state index contributed by atoms with van der Waals surface area (Å²) in [4.78, 5) is 1.26. The van der Waals surface area contributed by atoms with Crippen LogP contribution in [0.5, 0.6) is 0 Å². The van der Waals surface area contributed by atoms with E-state index < -0.39 is 0 Å². The highest BCUT2D eigenvalue weighted by Crippen LogP contribution is 2.17. The van der Waals surface area contributed by atoms with Crippen molar-refractivity contribution in [2.75, 3.05) is 18.9 Å². The van der Waals surface area contributed by atoms with Gasteiger partial charge in [-0.15, -0.1) is 24.2 Å². The zero-order chi connectivity index (χ0) is 12.5. The van der Waals surface area contributed by atoms with Crippen LogP contribution in [0.1, 0.15) is 20.3 Å². The molecule has 4 heteroatoms. The number of halogens is 1. The van der Waals surface area contributed by atoms with Crippen molar-refractivity contribution in [2.45, 2.75) is 31.2 Å². The lowest BCUT2D eigenvalue weighted by atomic mass is 10.1. The summed E-state index contributed by atoms with van der Waals surface area (Å²) < 4.78 is 0. The molecule has 0 aliphatic rings. The van der Waals surface area contributed by atoms with Gasteiger partial charge in [-0.05, 0) is 31.0 Å². The summed E-state index contributed by atoms with van der Waals surface area (Å²) in [6.07, 6.45) is 1.16. The molecule has 0 amide bonds. The smallest absolute Gasteiger partial charge is 0.0592 e. The van der Waals surface area contributed by atoms with E-state index in [1.165, 1.54) is 4.90 Å². The van der Waals surface area contributed by atoms with E-state index in [1.54, 1.807) is 11.8 Å². The van der Waals surface area contributed by atoms with Crippen LogP contribution < -0.4 is 5.32 Å². The molecule has 0 saturated heterocycles. The first kappa shape index (κ1) is 17.8. The van der Waals surface area contributed by atoms with E-state index in [0.717, 1.165) is 18.7 Å². The lowest BCUT2D eigenvalue weighted by molar-refractivity contribution is 0.252. The van der Waals surface area contributed by atoms with Gasteiger partial charge in [-0.1, -0.05) is 32.0 Å². The van der Waals surface area contributed by atoms with Gasteiger partial charge in [0.15, 0.2) is 0 Å². The molecule has 0 bridgehead atoms. The summed E-state index contributed by atoms with van der Waals surface area (Å²) in [6.45, 7) is 5.62. The zero-order valence-corrected chi connectivity index (χ0v) is 12.8. The van der Waals surface area contributed by atoms with E-state index in [4.69, 9.17) is 0 Å². The Morgan fingerprint density at radius 3 is 2.44 bits per heavy atom. The van der Waals surface area contributed by atoms with Crippen LogP contribution in [-0.4, -0.2) is 30.1 Å². The van der Waals surface area contributed by atoms with Crippen LogP contribution in [0.2, 0.25) is 0 Å². The van der Waals surface area contributed by atoms with E-state index in [1.807, 2.05) is 18.2 Å². The van der Waals surface area contributed by atoms with Crippen molar-refractivity contribution in [3.05, 3.63) is 30.3 Å². The third kappa shape index (κ3) is 7.98. The lowest BCUT2D eigenvalue weighted by Gasteiger charge is -2.16. The van der Waals surface area contributed by atoms with Gasteiger partial charge in [0.25, 0.3) is 0 Å². The molecule has 0 saturated carbocycles. The molecule has 0 unspecified atom stereocenters. The van der Waals surface area contributed by atoms with Gasteiger partial charge in [0.1, 0.15) is 0 Å². The van der Waals surface area contributed by atoms with Crippen LogP contribution in [0.25, 0.3) is 0 Å². The third-order valence-corrected chi connectivity index (χ3v) is 3.74. The number of thioether (sulfide) groups is 1. The molecule has 2 N–H and O–H groups in total. The number of rotatable bonds is 8. The summed E-state index contributed by atoms with van der Waals surface area (Å²) in [5.41, 5.74) is 0. The highest BCUT2D eigenvalue weighted by molar-refractivity contribution is 7.99. The predicted molar refractivity (Wildman–Crippen MR) is 82.7 cm³/mol. The second-order valence-electron chi connectivity index (χ2n) is 4.64. The molecule has 1 aromatic rings. The van der Waals surface area contributed by atoms with Gasteiger partial charge in [-0.2, -0.15) is 0 Å². The van der Waals surface area contributed by atoms with Crippen molar-refractivity contribution < 1.29 is 5.11 Å².